The molecule has 4 N–H and O–H groups in total. The molecule has 0 aliphatic rings. The first kappa shape index (κ1) is 50.8. The van der Waals surface area contributed by atoms with Crippen LogP contribution in [0.1, 0.15) is 221 Å². The zero-order valence-corrected chi connectivity index (χ0v) is 35.7. The molecule has 0 saturated carbocycles. The Bertz CT molecular complexity index is 666. The quantitative estimate of drug-likeness (QED) is 0.0609. The van der Waals surface area contributed by atoms with E-state index in [9.17, 15) is 0 Å². The van der Waals surface area contributed by atoms with Crippen LogP contribution in [-0.4, -0.2) is 63.9 Å². The Kier molecular flexibility index (Phi) is 35.3. The molecule has 0 spiro atoms. The number of unbranched alkanes of at least 4 members (excludes halogenated alkanes) is 22. The standard InChI is InChI=1S/C45H94N2O4/c1-7-13-15-17-19-21-23-25-27-29-31-33-36-48-39-43(41-50-38-35-46,42-51-45(11-5,12-6)44(47,9-3)10-4)40-49-37-34-32-30-28-26-24-22-20-18-16-14-8-2/h7-42,46-47H2,1-6H3. The molecule has 0 aromatic heterocycles. The van der Waals surface area contributed by atoms with Gasteiger partial charge >= 0.3 is 0 Å². The second-order valence-electron chi connectivity index (χ2n) is 16.1. The van der Waals surface area contributed by atoms with Gasteiger partial charge in [0.25, 0.3) is 0 Å². The largest absolute Gasteiger partial charge is 0.381 e. The summed E-state index contributed by atoms with van der Waals surface area (Å²) in [5.41, 5.74) is 11.8. The van der Waals surface area contributed by atoms with E-state index in [4.69, 9.17) is 30.4 Å². The minimum Gasteiger partial charge on any atom is -0.381 e. The Balaban J connectivity index is 5.02. The van der Waals surface area contributed by atoms with Gasteiger partial charge < -0.3 is 30.4 Å². The highest BCUT2D eigenvalue weighted by Crippen LogP contribution is 2.38. The van der Waals surface area contributed by atoms with Crippen molar-refractivity contribution in [3.05, 3.63) is 0 Å². The van der Waals surface area contributed by atoms with E-state index in [0.717, 1.165) is 51.7 Å². The Morgan fingerprint density at radius 2 is 0.686 bits per heavy atom. The molecule has 0 unspecified atom stereocenters. The fourth-order valence-electron chi connectivity index (χ4n) is 7.78. The molecule has 0 saturated heterocycles. The van der Waals surface area contributed by atoms with Crippen molar-refractivity contribution in [1.29, 1.82) is 0 Å². The maximum Gasteiger partial charge on any atom is 0.0855 e. The predicted octanol–water partition coefficient (Wildman–Crippen LogP) is 12.5. The average molecular weight is 727 g/mol. The molecule has 308 valence electrons. The summed E-state index contributed by atoms with van der Waals surface area (Å²) in [4.78, 5) is 0. The summed E-state index contributed by atoms with van der Waals surface area (Å²) in [7, 11) is 0. The van der Waals surface area contributed by atoms with E-state index in [1.54, 1.807) is 0 Å². The average Bonchev–Trinajstić information content (AvgIpc) is 3.15. The first-order chi connectivity index (χ1) is 24.9. The van der Waals surface area contributed by atoms with E-state index < -0.39 is 11.0 Å². The lowest BCUT2D eigenvalue weighted by Crippen LogP contribution is -2.62. The van der Waals surface area contributed by atoms with Crippen molar-refractivity contribution in [2.24, 2.45) is 16.9 Å². The molecule has 0 bridgehead atoms. The van der Waals surface area contributed by atoms with Crippen LogP contribution in [0.2, 0.25) is 0 Å². The maximum atomic E-state index is 7.07. The van der Waals surface area contributed by atoms with Crippen molar-refractivity contribution in [2.75, 3.05) is 52.8 Å². The number of rotatable bonds is 42. The number of nitrogens with two attached hydrogens (primary N) is 2. The fourth-order valence-corrected chi connectivity index (χ4v) is 7.78. The maximum absolute atomic E-state index is 7.07. The van der Waals surface area contributed by atoms with Crippen LogP contribution in [0.4, 0.5) is 0 Å². The number of hydrogen-bond acceptors (Lipinski definition) is 6. The molecule has 51 heavy (non-hydrogen) atoms. The second-order valence-corrected chi connectivity index (χ2v) is 16.1. The Morgan fingerprint density at radius 3 is 0.980 bits per heavy atom. The lowest BCUT2D eigenvalue weighted by molar-refractivity contribution is -0.171. The van der Waals surface area contributed by atoms with Crippen LogP contribution in [0.15, 0.2) is 0 Å². The molecule has 0 aromatic carbocycles. The van der Waals surface area contributed by atoms with E-state index in [-0.39, 0.29) is 5.54 Å². The van der Waals surface area contributed by atoms with Crippen LogP contribution in [0.25, 0.3) is 0 Å². The van der Waals surface area contributed by atoms with Gasteiger partial charge in [0, 0.05) is 25.3 Å². The normalized spacial score (nSPS) is 12.7. The highest BCUT2D eigenvalue weighted by Gasteiger charge is 2.47. The monoisotopic (exact) mass is 727 g/mol. The van der Waals surface area contributed by atoms with Crippen molar-refractivity contribution < 1.29 is 18.9 Å². The molecular weight excluding hydrogens is 633 g/mol. The molecule has 0 aromatic rings. The topological polar surface area (TPSA) is 89.0 Å². The van der Waals surface area contributed by atoms with Crippen LogP contribution >= 0.6 is 0 Å². The van der Waals surface area contributed by atoms with Gasteiger partial charge in [0.05, 0.1) is 44.1 Å². The van der Waals surface area contributed by atoms with Crippen LogP contribution in [0, 0.1) is 5.41 Å². The van der Waals surface area contributed by atoms with Gasteiger partial charge in [0.2, 0.25) is 0 Å². The second kappa shape index (κ2) is 35.5. The third-order valence-corrected chi connectivity index (χ3v) is 11.7. The Labute approximate surface area is 320 Å². The minimum atomic E-state index is -0.402. The number of hydrogen-bond donors (Lipinski definition) is 2. The zero-order valence-electron chi connectivity index (χ0n) is 35.7. The molecule has 0 atom stereocenters. The summed E-state index contributed by atoms with van der Waals surface area (Å²) >= 11 is 0. The summed E-state index contributed by atoms with van der Waals surface area (Å²) in [6.07, 6.45) is 35.8. The summed E-state index contributed by atoms with van der Waals surface area (Å²) in [6, 6.07) is 0. The van der Waals surface area contributed by atoms with E-state index in [0.29, 0.717) is 39.6 Å². The van der Waals surface area contributed by atoms with Crippen molar-refractivity contribution in [2.45, 2.75) is 232 Å². The summed E-state index contributed by atoms with van der Waals surface area (Å²) in [6.45, 7) is 18.1. The molecule has 0 rings (SSSR count). The SMILES string of the molecule is CCCCCCCCCCCCCCOCC(COCCN)(COCCCCCCCCCCCCCC)COC(CC)(CC)C(N)(CC)CC. The molecule has 0 amide bonds. The van der Waals surface area contributed by atoms with Gasteiger partial charge in [0.15, 0.2) is 0 Å². The van der Waals surface area contributed by atoms with E-state index in [1.165, 1.54) is 141 Å². The molecule has 0 aliphatic carbocycles. The predicted molar refractivity (Wildman–Crippen MR) is 223 cm³/mol. The van der Waals surface area contributed by atoms with Crippen molar-refractivity contribution in [3.8, 4) is 0 Å². The van der Waals surface area contributed by atoms with E-state index >= 15 is 0 Å². The lowest BCUT2D eigenvalue weighted by Gasteiger charge is -2.49. The van der Waals surface area contributed by atoms with Crippen LogP contribution < -0.4 is 11.5 Å². The van der Waals surface area contributed by atoms with Gasteiger partial charge in [0.1, 0.15) is 0 Å². The summed E-state index contributed by atoms with van der Waals surface area (Å²) in [5.74, 6) is 0. The molecule has 0 fully saturated rings. The third kappa shape index (κ3) is 24.7. The van der Waals surface area contributed by atoms with Crippen molar-refractivity contribution in [3.63, 3.8) is 0 Å². The third-order valence-electron chi connectivity index (χ3n) is 11.7. The molecule has 0 aliphatic heterocycles. The smallest absolute Gasteiger partial charge is 0.0855 e. The Morgan fingerprint density at radius 1 is 0.373 bits per heavy atom. The minimum absolute atomic E-state index is 0.383. The molecule has 6 nitrogen and oxygen atoms in total. The molecule has 6 heteroatoms. The van der Waals surface area contributed by atoms with Gasteiger partial charge in [-0.15, -0.1) is 0 Å². The summed E-state index contributed by atoms with van der Waals surface area (Å²) < 4.78 is 26.1. The van der Waals surface area contributed by atoms with Gasteiger partial charge in [-0.1, -0.05) is 183 Å². The highest BCUT2D eigenvalue weighted by molar-refractivity contribution is 5.03. The van der Waals surface area contributed by atoms with Crippen LogP contribution in [0.3, 0.4) is 0 Å². The molecular formula is C45H94N2O4. The van der Waals surface area contributed by atoms with Gasteiger partial charge in [-0.25, -0.2) is 0 Å². The lowest BCUT2D eigenvalue weighted by atomic mass is 9.72. The van der Waals surface area contributed by atoms with E-state index in [1.807, 2.05) is 0 Å². The zero-order chi connectivity index (χ0) is 37.8. The van der Waals surface area contributed by atoms with Gasteiger partial charge in [-0.05, 0) is 38.5 Å². The first-order valence-corrected chi connectivity index (χ1v) is 22.7. The van der Waals surface area contributed by atoms with Gasteiger partial charge in [-0.2, -0.15) is 0 Å². The molecule has 0 radical (unpaired) electrons. The Hall–Kier alpha value is -0.240. The van der Waals surface area contributed by atoms with Crippen molar-refractivity contribution in [1.82, 2.24) is 0 Å². The van der Waals surface area contributed by atoms with Gasteiger partial charge in [-0.3, -0.25) is 0 Å². The molecule has 0 heterocycles. The van der Waals surface area contributed by atoms with Crippen LogP contribution in [0.5, 0.6) is 0 Å². The van der Waals surface area contributed by atoms with Crippen LogP contribution in [-0.2, 0) is 18.9 Å². The van der Waals surface area contributed by atoms with Crippen molar-refractivity contribution >= 4 is 0 Å². The summed E-state index contributed by atoms with van der Waals surface area (Å²) in [5, 5.41) is 0. The highest BCUT2D eigenvalue weighted by atomic mass is 16.5. The first-order valence-electron chi connectivity index (χ1n) is 22.7. The fraction of sp³-hybridized carbons (Fsp3) is 1.00. The number of ether oxygens (including phenoxy) is 4. The van der Waals surface area contributed by atoms with E-state index in [2.05, 4.69) is 41.5 Å².